The van der Waals surface area contributed by atoms with Crippen LogP contribution in [-0.4, -0.2) is 10.9 Å². The summed E-state index contributed by atoms with van der Waals surface area (Å²) in [6.07, 6.45) is 1.12. The molecule has 0 saturated heterocycles. The Labute approximate surface area is 128 Å². The minimum atomic E-state index is 0.000860. The third-order valence-corrected chi connectivity index (χ3v) is 4.47. The van der Waals surface area contributed by atoms with Crippen molar-refractivity contribution < 1.29 is 4.79 Å². The number of nitrogens with one attached hydrogen (secondary N) is 1. The average molecular weight is 309 g/mol. The van der Waals surface area contributed by atoms with Crippen molar-refractivity contribution in [1.29, 1.82) is 0 Å². The summed E-state index contributed by atoms with van der Waals surface area (Å²) in [6, 6.07) is 5.44. The van der Waals surface area contributed by atoms with Gasteiger partial charge in [0.25, 0.3) is 0 Å². The van der Waals surface area contributed by atoms with E-state index in [9.17, 15) is 4.79 Å². The summed E-state index contributed by atoms with van der Waals surface area (Å²) in [7, 11) is 0. The molecule has 1 heterocycles. The maximum Gasteiger partial charge on any atom is 0.224 e. The summed E-state index contributed by atoms with van der Waals surface area (Å²) in [6.45, 7) is 5.97. The Hall–Kier alpha value is -1.39. The second-order valence-electron chi connectivity index (χ2n) is 4.76. The number of thiazole rings is 1. The average Bonchev–Trinajstić information content (AvgIpc) is 2.70. The highest BCUT2D eigenvalue weighted by Gasteiger charge is 2.08. The molecule has 0 radical (unpaired) electrons. The quantitative estimate of drug-likeness (QED) is 0.915. The molecular weight excluding hydrogens is 292 g/mol. The van der Waals surface area contributed by atoms with E-state index < -0.39 is 0 Å². The third-order valence-electron chi connectivity index (χ3n) is 3.10. The van der Waals surface area contributed by atoms with Gasteiger partial charge in [-0.2, -0.15) is 0 Å². The van der Waals surface area contributed by atoms with Crippen LogP contribution in [0.4, 0.5) is 5.69 Å². The number of rotatable bonds is 4. The van der Waals surface area contributed by atoms with Crippen molar-refractivity contribution in [3.63, 3.8) is 0 Å². The summed E-state index contributed by atoms with van der Waals surface area (Å²) >= 11 is 7.55. The minimum Gasteiger partial charge on any atom is -0.326 e. The number of aryl methyl sites for hydroxylation is 4. The number of amides is 1. The van der Waals surface area contributed by atoms with Crippen LogP contribution in [-0.2, 0) is 11.2 Å². The standard InChI is InChI=1S/C15H17ClN2OS/c1-9-8-12(16)4-5-13(9)18-14(19)6-7-15-17-10(2)11(3)20-15/h4-5,8H,6-7H2,1-3H3,(H,18,19). The van der Waals surface area contributed by atoms with E-state index in [4.69, 9.17) is 11.6 Å². The van der Waals surface area contributed by atoms with Gasteiger partial charge in [0.05, 0.1) is 10.7 Å². The van der Waals surface area contributed by atoms with Gasteiger partial charge in [0.1, 0.15) is 0 Å². The van der Waals surface area contributed by atoms with Gasteiger partial charge < -0.3 is 5.32 Å². The van der Waals surface area contributed by atoms with Crippen LogP contribution in [0.15, 0.2) is 18.2 Å². The maximum atomic E-state index is 11.9. The molecule has 0 aliphatic heterocycles. The Morgan fingerprint density at radius 2 is 2.10 bits per heavy atom. The van der Waals surface area contributed by atoms with Crippen molar-refractivity contribution in [1.82, 2.24) is 4.98 Å². The van der Waals surface area contributed by atoms with E-state index in [2.05, 4.69) is 10.3 Å². The van der Waals surface area contributed by atoms with Crippen LogP contribution in [0.5, 0.6) is 0 Å². The number of carbonyl (C=O) groups excluding carboxylic acids is 1. The highest BCUT2D eigenvalue weighted by molar-refractivity contribution is 7.11. The minimum absolute atomic E-state index is 0.000860. The summed E-state index contributed by atoms with van der Waals surface area (Å²) in [4.78, 5) is 17.6. The number of nitrogens with zero attached hydrogens (tertiary/aromatic N) is 1. The van der Waals surface area contributed by atoms with E-state index >= 15 is 0 Å². The molecule has 1 N–H and O–H groups in total. The lowest BCUT2D eigenvalue weighted by Gasteiger charge is -2.08. The van der Waals surface area contributed by atoms with Crippen LogP contribution in [0.1, 0.15) is 27.6 Å². The molecule has 1 aromatic carbocycles. The number of aromatic nitrogens is 1. The first-order valence-corrected chi connectivity index (χ1v) is 7.64. The molecule has 106 valence electrons. The van der Waals surface area contributed by atoms with Crippen LogP contribution in [0.2, 0.25) is 5.02 Å². The van der Waals surface area contributed by atoms with E-state index in [1.807, 2.05) is 32.9 Å². The number of benzene rings is 1. The Balaban J connectivity index is 1.92. The Bertz CT molecular complexity index is 617. The molecular formula is C15H17ClN2OS. The van der Waals surface area contributed by atoms with Gasteiger partial charge in [0, 0.05) is 28.4 Å². The van der Waals surface area contributed by atoms with Crippen molar-refractivity contribution >= 4 is 34.5 Å². The summed E-state index contributed by atoms with van der Waals surface area (Å²) in [5.74, 6) is 0.000860. The number of hydrogen-bond acceptors (Lipinski definition) is 3. The fourth-order valence-electron chi connectivity index (χ4n) is 1.85. The van der Waals surface area contributed by atoms with Crippen LogP contribution >= 0.6 is 22.9 Å². The molecule has 0 unspecified atom stereocenters. The van der Waals surface area contributed by atoms with Crippen LogP contribution < -0.4 is 5.32 Å². The molecule has 20 heavy (non-hydrogen) atoms. The number of anilines is 1. The highest BCUT2D eigenvalue weighted by atomic mass is 35.5. The predicted octanol–water partition coefficient (Wildman–Crippen LogP) is 4.29. The van der Waals surface area contributed by atoms with Gasteiger partial charge in [-0.05, 0) is 44.5 Å². The van der Waals surface area contributed by atoms with E-state index in [0.717, 1.165) is 22.0 Å². The molecule has 2 rings (SSSR count). The zero-order valence-corrected chi connectivity index (χ0v) is 13.4. The fraction of sp³-hybridized carbons (Fsp3) is 0.333. The van der Waals surface area contributed by atoms with Gasteiger partial charge in [0.15, 0.2) is 0 Å². The molecule has 5 heteroatoms. The highest BCUT2D eigenvalue weighted by Crippen LogP contribution is 2.21. The molecule has 3 nitrogen and oxygen atoms in total. The van der Waals surface area contributed by atoms with Gasteiger partial charge in [-0.3, -0.25) is 4.79 Å². The summed E-state index contributed by atoms with van der Waals surface area (Å²) < 4.78 is 0. The lowest BCUT2D eigenvalue weighted by molar-refractivity contribution is -0.116. The van der Waals surface area contributed by atoms with Crippen molar-refractivity contribution in [2.24, 2.45) is 0 Å². The van der Waals surface area contributed by atoms with Gasteiger partial charge in [0.2, 0.25) is 5.91 Å². The molecule has 0 aliphatic carbocycles. The van der Waals surface area contributed by atoms with Crippen molar-refractivity contribution in [2.75, 3.05) is 5.32 Å². The normalized spacial score (nSPS) is 10.6. The van der Waals surface area contributed by atoms with Crippen molar-refractivity contribution in [2.45, 2.75) is 33.6 Å². The lowest BCUT2D eigenvalue weighted by Crippen LogP contribution is -2.13. The van der Waals surface area contributed by atoms with Crippen molar-refractivity contribution in [3.05, 3.63) is 44.4 Å². The molecule has 2 aromatic rings. The Morgan fingerprint density at radius 1 is 1.35 bits per heavy atom. The maximum absolute atomic E-state index is 11.9. The van der Waals surface area contributed by atoms with Gasteiger partial charge in [-0.25, -0.2) is 4.98 Å². The van der Waals surface area contributed by atoms with E-state index in [1.54, 1.807) is 17.4 Å². The van der Waals surface area contributed by atoms with E-state index in [1.165, 1.54) is 4.88 Å². The first-order valence-electron chi connectivity index (χ1n) is 6.44. The van der Waals surface area contributed by atoms with Crippen LogP contribution in [0, 0.1) is 20.8 Å². The van der Waals surface area contributed by atoms with Gasteiger partial charge >= 0.3 is 0 Å². The van der Waals surface area contributed by atoms with Gasteiger partial charge in [-0.15, -0.1) is 11.3 Å². The molecule has 0 saturated carbocycles. The first-order chi connectivity index (χ1) is 9.45. The van der Waals surface area contributed by atoms with Gasteiger partial charge in [-0.1, -0.05) is 11.6 Å². The molecule has 0 atom stereocenters. The first kappa shape index (κ1) is 15.0. The second kappa shape index (κ2) is 6.37. The van der Waals surface area contributed by atoms with Crippen LogP contribution in [0.3, 0.4) is 0 Å². The third kappa shape index (κ3) is 3.81. The molecule has 0 fully saturated rings. The second-order valence-corrected chi connectivity index (χ2v) is 6.48. The Morgan fingerprint density at radius 3 is 2.70 bits per heavy atom. The number of hydrogen-bond donors (Lipinski definition) is 1. The monoisotopic (exact) mass is 308 g/mol. The topological polar surface area (TPSA) is 42.0 Å². The zero-order chi connectivity index (χ0) is 14.7. The molecule has 1 amide bonds. The molecule has 0 aliphatic rings. The zero-order valence-electron chi connectivity index (χ0n) is 11.8. The predicted molar refractivity (Wildman–Crippen MR) is 84.7 cm³/mol. The largest absolute Gasteiger partial charge is 0.326 e. The van der Waals surface area contributed by atoms with E-state index in [-0.39, 0.29) is 5.91 Å². The molecule has 1 aromatic heterocycles. The number of halogens is 1. The molecule has 0 spiro atoms. The SMILES string of the molecule is Cc1cc(Cl)ccc1NC(=O)CCc1nc(C)c(C)s1. The van der Waals surface area contributed by atoms with E-state index in [0.29, 0.717) is 17.9 Å². The number of carbonyl (C=O) groups is 1. The van der Waals surface area contributed by atoms with Crippen molar-refractivity contribution in [3.8, 4) is 0 Å². The lowest BCUT2D eigenvalue weighted by atomic mass is 10.2. The summed E-state index contributed by atoms with van der Waals surface area (Å²) in [5, 5.41) is 4.60. The van der Waals surface area contributed by atoms with Crippen LogP contribution in [0.25, 0.3) is 0 Å². The fourth-order valence-corrected chi connectivity index (χ4v) is 3.01. The molecule has 0 bridgehead atoms. The Kier molecular flexibility index (Phi) is 4.78. The summed E-state index contributed by atoms with van der Waals surface area (Å²) in [5.41, 5.74) is 2.83. The smallest absolute Gasteiger partial charge is 0.224 e.